The van der Waals surface area contributed by atoms with Crippen molar-refractivity contribution in [3.05, 3.63) is 77.1 Å². The van der Waals surface area contributed by atoms with E-state index in [0.717, 1.165) is 17.5 Å². The number of carbonyl (C=O) groups excluding carboxylic acids is 1. The van der Waals surface area contributed by atoms with Crippen LogP contribution in [0.5, 0.6) is 0 Å². The summed E-state index contributed by atoms with van der Waals surface area (Å²) in [4.78, 5) is 12.1. The molecular weight excluding hydrogens is 382 g/mol. The number of halogens is 2. The van der Waals surface area contributed by atoms with Crippen molar-refractivity contribution in [2.75, 3.05) is 12.3 Å². The van der Waals surface area contributed by atoms with E-state index < -0.39 is 11.6 Å². The zero-order chi connectivity index (χ0) is 19.9. The molecule has 1 N–H and O–H groups in total. The Morgan fingerprint density at radius 1 is 1.07 bits per heavy atom. The molecule has 0 spiro atoms. The second-order valence-corrected chi connectivity index (χ2v) is 7.21. The van der Waals surface area contributed by atoms with Gasteiger partial charge in [0.2, 0.25) is 5.91 Å². The molecule has 1 aromatic heterocycles. The molecule has 8 heteroatoms. The summed E-state index contributed by atoms with van der Waals surface area (Å²) < 4.78 is 28.3. The van der Waals surface area contributed by atoms with E-state index in [4.69, 9.17) is 0 Å². The summed E-state index contributed by atoms with van der Waals surface area (Å²) in [5.41, 5.74) is 1.63. The number of benzene rings is 2. The first-order valence-corrected chi connectivity index (χ1v) is 9.78. The van der Waals surface area contributed by atoms with Gasteiger partial charge in [-0.25, -0.2) is 8.78 Å². The predicted molar refractivity (Wildman–Crippen MR) is 104 cm³/mol. The number of aryl methyl sites for hydroxylation is 1. The lowest BCUT2D eigenvalue weighted by molar-refractivity contribution is -0.118. The normalized spacial score (nSPS) is 10.8. The first kappa shape index (κ1) is 20.0. The molecule has 0 bridgehead atoms. The molecule has 0 aliphatic rings. The second kappa shape index (κ2) is 9.45. The van der Waals surface area contributed by atoms with Crippen molar-refractivity contribution in [1.29, 1.82) is 0 Å². The zero-order valence-electron chi connectivity index (χ0n) is 15.4. The highest BCUT2D eigenvalue weighted by Gasteiger charge is 2.12. The molecule has 1 heterocycles. The number of hydrogen-bond acceptors (Lipinski definition) is 4. The number of rotatable bonds is 8. The highest BCUT2D eigenvalue weighted by Crippen LogP contribution is 2.18. The largest absolute Gasteiger partial charge is 0.355 e. The van der Waals surface area contributed by atoms with Crippen LogP contribution in [0.15, 0.2) is 53.7 Å². The first-order chi connectivity index (χ1) is 13.5. The molecule has 0 saturated carbocycles. The van der Waals surface area contributed by atoms with Crippen LogP contribution in [0.3, 0.4) is 0 Å². The number of amides is 1. The monoisotopic (exact) mass is 402 g/mol. The summed E-state index contributed by atoms with van der Waals surface area (Å²) in [5, 5.41) is 11.7. The first-order valence-electron chi connectivity index (χ1n) is 8.79. The van der Waals surface area contributed by atoms with Crippen molar-refractivity contribution in [3.8, 4) is 0 Å². The van der Waals surface area contributed by atoms with Gasteiger partial charge in [-0.1, -0.05) is 42.1 Å². The maximum atomic E-state index is 13.2. The molecule has 0 atom stereocenters. The molecule has 0 radical (unpaired) electrons. The van der Waals surface area contributed by atoms with Crippen LogP contribution in [0.2, 0.25) is 0 Å². The molecule has 3 aromatic rings. The molecule has 2 aromatic carbocycles. The Hall–Kier alpha value is -2.74. The third-order valence-electron chi connectivity index (χ3n) is 4.08. The van der Waals surface area contributed by atoms with Crippen LogP contribution >= 0.6 is 11.8 Å². The van der Waals surface area contributed by atoms with Crippen molar-refractivity contribution in [3.63, 3.8) is 0 Å². The van der Waals surface area contributed by atoms with Crippen LogP contribution in [0.4, 0.5) is 8.78 Å². The maximum absolute atomic E-state index is 13.2. The van der Waals surface area contributed by atoms with Gasteiger partial charge in [0, 0.05) is 12.6 Å². The van der Waals surface area contributed by atoms with E-state index in [-0.39, 0.29) is 11.7 Å². The summed E-state index contributed by atoms with van der Waals surface area (Å²) in [6, 6.07) is 13.3. The maximum Gasteiger partial charge on any atom is 0.230 e. The van der Waals surface area contributed by atoms with E-state index >= 15 is 0 Å². The second-order valence-electron chi connectivity index (χ2n) is 6.27. The van der Waals surface area contributed by atoms with Gasteiger partial charge in [0.05, 0.1) is 12.3 Å². The SMILES string of the molecule is Cc1nnc(SCC(=O)NCCc2cc(F)cc(F)c2)n1Cc1ccccc1. The number of hydrogen-bond donors (Lipinski definition) is 1. The lowest BCUT2D eigenvalue weighted by Gasteiger charge is -2.09. The van der Waals surface area contributed by atoms with Gasteiger partial charge in [0.1, 0.15) is 17.5 Å². The Balaban J connectivity index is 1.49. The van der Waals surface area contributed by atoms with Gasteiger partial charge in [0.15, 0.2) is 5.16 Å². The molecule has 28 heavy (non-hydrogen) atoms. The molecule has 0 unspecified atom stereocenters. The van der Waals surface area contributed by atoms with E-state index in [2.05, 4.69) is 15.5 Å². The van der Waals surface area contributed by atoms with E-state index in [1.54, 1.807) is 0 Å². The Labute approximate surface area is 166 Å². The fourth-order valence-electron chi connectivity index (χ4n) is 2.70. The van der Waals surface area contributed by atoms with Gasteiger partial charge >= 0.3 is 0 Å². The summed E-state index contributed by atoms with van der Waals surface area (Å²) in [6.45, 7) is 2.81. The average Bonchev–Trinajstić information content (AvgIpc) is 3.00. The molecule has 0 fully saturated rings. The van der Waals surface area contributed by atoms with E-state index in [9.17, 15) is 13.6 Å². The van der Waals surface area contributed by atoms with Gasteiger partial charge in [-0.2, -0.15) is 0 Å². The van der Waals surface area contributed by atoms with Crippen LogP contribution in [-0.2, 0) is 17.8 Å². The molecule has 146 valence electrons. The zero-order valence-corrected chi connectivity index (χ0v) is 16.2. The van der Waals surface area contributed by atoms with Crippen molar-refractivity contribution >= 4 is 17.7 Å². The van der Waals surface area contributed by atoms with Crippen molar-refractivity contribution in [2.24, 2.45) is 0 Å². The topological polar surface area (TPSA) is 59.8 Å². The van der Waals surface area contributed by atoms with E-state index in [0.29, 0.717) is 30.2 Å². The molecule has 5 nitrogen and oxygen atoms in total. The minimum Gasteiger partial charge on any atom is -0.355 e. The highest BCUT2D eigenvalue weighted by atomic mass is 32.2. The molecule has 0 aliphatic carbocycles. The third-order valence-corrected chi connectivity index (χ3v) is 5.04. The van der Waals surface area contributed by atoms with E-state index in [1.807, 2.05) is 41.8 Å². The number of thioether (sulfide) groups is 1. The lowest BCUT2D eigenvalue weighted by atomic mass is 10.1. The Kier molecular flexibility index (Phi) is 6.76. The van der Waals surface area contributed by atoms with Crippen LogP contribution in [0.1, 0.15) is 17.0 Å². The summed E-state index contributed by atoms with van der Waals surface area (Å²) >= 11 is 1.30. The van der Waals surface area contributed by atoms with Crippen LogP contribution in [0.25, 0.3) is 0 Å². The Morgan fingerprint density at radius 3 is 2.50 bits per heavy atom. The number of aromatic nitrogens is 3. The minimum atomic E-state index is -0.620. The van der Waals surface area contributed by atoms with E-state index in [1.165, 1.54) is 23.9 Å². The Bertz CT molecular complexity index is 926. The fourth-order valence-corrected chi connectivity index (χ4v) is 3.51. The van der Waals surface area contributed by atoms with Crippen LogP contribution in [0, 0.1) is 18.6 Å². The summed E-state index contributed by atoms with van der Waals surface area (Å²) in [7, 11) is 0. The van der Waals surface area contributed by atoms with Gasteiger partial charge in [-0.05, 0) is 36.6 Å². The smallest absolute Gasteiger partial charge is 0.230 e. The van der Waals surface area contributed by atoms with Gasteiger partial charge in [-0.15, -0.1) is 10.2 Å². The standard InChI is InChI=1S/C20H20F2N4OS/c1-14-24-25-20(26(14)12-15-5-3-2-4-6-15)28-13-19(27)23-8-7-16-9-17(21)11-18(22)10-16/h2-6,9-11H,7-8,12-13H2,1H3,(H,23,27). The highest BCUT2D eigenvalue weighted by molar-refractivity contribution is 7.99. The molecule has 0 aliphatic heterocycles. The summed E-state index contributed by atoms with van der Waals surface area (Å²) in [6.07, 6.45) is 0.356. The molecule has 1 amide bonds. The minimum absolute atomic E-state index is 0.172. The number of nitrogens with zero attached hydrogens (tertiary/aromatic N) is 3. The van der Waals surface area contributed by atoms with Gasteiger partial charge in [-0.3, -0.25) is 4.79 Å². The fraction of sp³-hybridized carbons (Fsp3) is 0.250. The van der Waals surface area contributed by atoms with Crippen molar-refractivity contribution in [2.45, 2.75) is 25.0 Å². The number of nitrogens with one attached hydrogen (secondary N) is 1. The van der Waals surface area contributed by atoms with Crippen molar-refractivity contribution in [1.82, 2.24) is 20.1 Å². The van der Waals surface area contributed by atoms with Crippen molar-refractivity contribution < 1.29 is 13.6 Å². The quantitative estimate of drug-likeness (QED) is 0.587. The Morgan fingerprint density at radius 2 is 1.79 bits per heavy atom. The van der Waals surface area contributed by atoms with Crippen LogP contribution < -0.4 is 5.32 Å². The van der Waals surface area contributed by atoms with Gasteiger partial charge < -0.3 is 9.88 Å². The van der Waals surface area contributed by atoms with Gasteiger partial charge in [0.25, 0.3) is 0 Å². The number of carbonyl (C=O) groups is 1. The van der Waals surface area contributed by atoms with Crippen LogP contribution in [-0.4, -0.2) is 33.0 Å². The molecular formula is C20H20F2N4OS. The molecule has 0 saturated heterocycles. The third kappa shape index (κ3) is 5.63. The molecule has 3 rings (SSSR count). The lowest BCUT2D eigenvalue weighted by Crippen LogP contribution is -2.27. The predicted octanol–water partition coefficient (Wildman–Crippen LogP) is 3.36. The average molecular weight is 402 g/mol. The summed E-state index contributed by atoms with van der Waals surface area (Å²) in [5.74, 6) is -0.451.